The highest BCUT2D eigenvalue weighted by Crippen LogP contribution is 2.23. The van der Waals surface area contributed by atoms with Crippen LogP contribution in [0.4, 0.5) is 0 Å². The average molecular weight is 601 g/mol. The molecule has 1 aliphatic heterocycles. The molecular weight excluding hydrogens is 564 g/mol. The summed E-state index contributed by atoms with van der Waals surface area (Å²) in [7, 11) is 0. The SMILES string of the molecule is O=C(NCCc1ccccc1)C(NC(=O)[C@H](S)CCCCN1C(=O)c2ccccc2C1=O)C(=O)NCCc1ccccc1. The molecule has 9 nitrogen and oxygen atoms in total. The van der Waals surface area contributed by atoms with Crippen molar-refractivity contribution in [3.8, 4) is 0 Å². The molecule has 0 unspecified atom stereocenters. The smallest absolute Gasteiger partial charge is 0.261 e. The van der Waals surface area contributed by atoms with Gasteiger partial charge in [0.2, 0.25) is 5.91 Å². The fraction of sp³-hybridized carbons (Fsp3) is 0.303. The van der Waals surface area contributed by atoms with Crippen molar-refractivity contribution in [2.45, 2.75) is 43.4 Å². The fourth-order valence-electron chi connectivity index (χ4n) is 4.82. The zero-order chi connectivity index (χ0) is 30.6. The first-order valence-corrected chi connectivity index (χ1v) is 14.9. The number of hydrogen-bond donors (Lipinski definition) is 4. The van der Waals surface area contributed by atoms with Crippen LogP contribution in [0.1, 0.15) is 51.1 Å². The predicted molar refractivity (Wildman–Crippen MR) is 167 cm³/mol. The molecule has 1 aliphatic rings. The molecule has 1 atom stereocenters. The Morgan fingerprint density at radius 1 is 0.651 bits per heavy atom. The van der Waals surface area contributed by atoms with Crippen LogP contribution in [0.5, 0.6) is 0 Å². The van der Waals surface area contributed by atoms with Gasteiger partial charge in [0.15, 0.2) is 6.04 Å². The molecule has 0 spiro atoms. The van der Waals surface area contributed by atoms with Gasteiger partial charge in [0.1, 0.15) is 0 Å². The number of nitrogens with zero attached hydrogens (tertiary/aromatic N) is 1. The highest BCUT2D eigenvalue weighted by atomic mass is 32.1. The number of hydrogen-bond acceptors (Lipinski definition) is 6. The summed E-state index contributed by atoms with van der Waals surface area (Å²) in [5.41, 5.74) is 2.86. The Hall–Kier alpha value is -4.44. The van der Waals surface area contributed by atoms with Gasteiger partial charge in [-0.05, 0) is 48.9 Å². The van der Waals surface area contributed by atoms with Gasteiger partial charge in [0.25, 0.3) is 23.6 Å². The summed E-state index contributed by atoms with van der Waals surface area (Å²) >= 11 is 4.41. The normalized spacial score (nSPS) is 13.0. The van der Waals surface area contributed by atoms with Crippen molar-refractivity contribution >= 4 is 42.2 Å². The maximum atomic E-state index is 13.0. The Kier molecular flexibility index (Phi) is 11.5. The molecule has 3 aromatic rings. The Balaban J connectivity index is 1.27. The summed E-state index contributed by atoms with van der Waals surface area (Å²) in [6.07, 6.45) is 2.47. The van der Waals surface area contributed by atoms with Gasteiger partial charge in [0, 0.05) is 19.6 Å². The Bertz CT molecular complexity index is 1340. The molecule has 0 fully saturated rings. The van der Waals surface area contributed by atoms with Crippen LogP contribution in [-0.2, 0) is 27.2 Å². The molecule has 4 rings (SSSR count). The second-order valence-electron chi connectivity index (χ2n) is 10.3. The first kappa shape index (κ1) is 31.5. The topological polar surface area (TPSA) is 125 Å². The van der Waals surface area contributed by atoms with E-state index in [0.29, 0.717) is 56.3 Å². The number of nitrogens with one attached hydrogen (secondary N) is 3. The lowest BCUT2D eigenvalue weighted by Crippen LogP contribution is -2.57. The van der Waals surface area contributed by atoms with Gasteiger partial charge in [-0.15, -0.1) is 0 Å². The van der Waals surface area contributed by atoms with E-state index in [1.54, 1.807) is 24.3 Å². The number of benzene rings is 3. The molecule has 0 radical (unpaired) electrons. The van der Waals surface area contributed by atoms with E-state index in [9.17, 15) is 24.0 Å². The van der Waals surface area contributed by atoms with Gasteiger partial charge < -0.3 is 16.0 Å². The van der Waals surface area contributed by atoms with Crippen molar-refractivity contribution in [3.05, 3.63) is 107 Å². The van der Waals surface area contributed by atoms with Crippen molar-refractivity contribution in [2.24, 2.45) is 0 Å². The minimum absolute atomic E-state index is 0.227. The molecule has 0 bridgehead atoms. The Morgan fingerprint density at radius 3 is 1.60 bits per heavy atom. The van der Waals surface area contributed by atoms with Gasteiger partial charge in [0.05, 0.1) is 16.4 Å². The standard InChI is InChI=1S/C33H36N4O5S/c38-29(27(43)17-9-10-22-37-32(41)25-15-7-8-16-26(25)33(37)42)36-28(30(39)34-20-18-23-11-3-1-4-12-23)31(40)35-21-19-24-13-5-2-6-14-24/h1-8,11-16,27-28,43H,9-10,17-22H2,(H,34,39)(H,35,40)(H,36,38)/t27-/m1/s1. The zero-order valence-electron chi connectivity index (χ0n) is 23.8. The largest absolute Gasteiger partial charge is 0.354 e. The van der Waals surface area contributed by atoms with Crippen LogP contribution < -0.4 is 16.0 Å². The monoisotopic (exact) mass is 600 g/mol. The summed E-state index contributed by atoms with van der Waals surface area (Å²) in [6, 6.07) is 24.5. The molecule has 0 saturated carbocycles. The lowest BCUT2D eigenvalue weighted by molar-refractivity contribution is -0.136. The van der Waals surface area contributed by atoms with Gasteiger partial charge in [-0.3, -0.25) is 28.9 Å². The van der Waals surface area contributed by atoms with Crippen LogP contribution in [-0.4, -0.2) is 65.4 Å². The number of rotatable bonds is 15. The zero-order valence-corrected chi connectivity index (χ0v) is 24.7. The molecular formula is C33H36N4O5S. The minimum Gasteiger partial charge on any atom is -0.354 e. The molecule has 1 heterocycles. The number of carbonyl (C=O) groups is 5. The van der Waals surface area contributed by atoms with Crippen LogP contribution in [0, 0.1) is 0 Å². The van der Waals surface area contributed by atoms with Crippen LogP contribution in [0.15, 0.2) is 84.9 Å². The van der Waals surface area contributed by atoms with E-state index in [-0.39, 0.29) is 18.4 Å². The van der Waals surface area contributed by atoms with Crippen LogP contribution in [0.3, 0.4) is 0 Å². The van der Waals surface area contributed by atoms with Crippen molar-refractivity contribution < 1.29 is 24.0 Å². The average Bonchev–Trinajstić information content (AvgIpc) is 3.27. The summed E-state index contributed by atoms with van der Waals surface area (Å²) in [5, 5.41) is 7.28. The second-order valence-corrected chi connectivity index (χ2v) is 10.9. The lowest BCUT2D eigenvalue weighted by atomic mass is 10.1. The fourth-order valence-corrected chi connectivity index (χ4v) is 5.08. The number of fused-ring (bicyclic) bond motifs is 1. The van der Waals surface area contributed by atoms with Crippen molar-refractivity contribution in [1.82, 2.24) is 20.9 Å². The van der Waals surface area contributed by atoms with E-state index in [4.69, 9.17) is 0 Å². The summed E-state index contributed by atoms with van der Waals surface area (Å²) < 4.78 is 0. The highest BCUT2D eigenvalue weighted by Gasteiger charge is 2.34. The summed E-state index contributed by atoms with van der Waals surface area (Å²) in [5.74, 6) is -2.40. The summed E-state index contributed by atoms with van der Waals surface area (Å²) in [6.45, 7) is 0.827. The molecule has 10 heteroatoms. The number of thiol groups is 1. The Morgan fingerprint density at radius 2 is 1.12 bits per heavy atom. The number of unbranched alkanes of at least 4 members (excludes halogenated alkanes) is 1. The van der Waals surface area contributed by atoms with Crippen molar-refractivity contribution in [1.29, 1.82) is 0 Å². The van der Waals surface area contributed by atoms with Gasteiger partial charge >= 0.3 is 0 Å². The maximum absolute atomic E-state index is 13.0. The molecule has 3 N–H and O–H groups in total. The van der Waals surface area contributed by atoms with E-state index in [2.05, 4.69) is 28.6 Å². The first-order valence-electron chi connectivity index (χ1n) is 14.4. The van der Waals surface area contributed by atoms with E-state index in [1.165, 1.54) is 4.90 Å². The molecule has 5 amide bonds. The molecule has 3 aromatic carbocycles. The molecule has 0 aliphatic carbocycles. The van der Waals surface area contributed by atoms with Crippen LogP contribution in [0.25, 0.3) is 0 Å². The van der Waals surface area contributed by atoms with Crippen molar-refractivity contribution in [2.75, 3.05) is 19.6 Å². The quantitative estimate of drug-likeness (QED) is 0.0925. The molecule has 0 aromatic heterocycles. The van der Waals surface area contributed by atoms with Crippen LogP contribution in [0.2, 0.25) is 0 Å². The number of amides is 5. The number of imide groups is 1. The lowest BCUT2D eigenvalue weighted by Gasteiger charge is -2.20. The van der Waals surface area contributed by atoms with Gasteiger partial charge in [-0.2, -0.15) is 12.6 Å². The van der Waals surface area contributed by atoms with Gasteiger partial charge in [-0.1, -0.05) is 79.2 Å². The predicted octanol–water partition coefficient (Wildman–Crippen LogP) is 2.95. The van der Waals surface area contributed by atoms with E-state index in [0.717, 1.165) is 11.1 Å². The van der Waals surface area contributed by atoms with Crippen molar-refractivity contribution in [3.63, 3.8) is 0 Å². The molecule has 0 saturated heterocycles. The maximum Gasteiger partial charge on any atom is 0.261 e. The Labute approximate surface area is 256 Å². The number of carbonyl (C=O) groups excluding carboxylic acids is 5. The highest BCUT2D eigenvalue weighted by molar-refractivity contribution is 7.81. The first-order chi connectivity index (χ1) is 20.8. The van der Waals surface area contributed by atoms with E-state index >= 15 is 0 Å². The minimum atomic E-state index is -1.42. The van der Waals surface area contributed by atoms with Gasteiger partial charge in [-0.25, -0.2) is 0 Å². The molecule has 224 valence electrons. The van der Waals surface area contributed by atoms with Crippen LogP contribution >= 0.6 is 12.6 Å². The third-order valence-electron chi connectivity index (χ3n) is 7.21. The third kappa shape index (κ3) is 8.78. The molecule has 43 heavy (non-hydrogen) atoms. The third-order valence-corrected chi connectivity index (χ3v) is 7.71. The van der Waals surface area contributed by atoms with E-state index in [1.807, 2.05) is 60.7 Å². The van der Waals surface area contributed by atoms with E-state index < -0.39 is 29.0 Å². The summed E-state index contributed by atoms with van der Waals surface area (Å²) in [4.78, 5) is 65.4. The second kappa shape index (κ2) is 15.7.